The number of carbonyl (C=O) groups excluding carboxylic acids is 1. The molecule has 0 bridgehead atoms. The Bertz CT molecular complexity index is 297. The molecule has 1 rings (SSSR count). The molecule has 16 heavy (non-hydrogen) atoms. The number of hydrazine groups is 1. The summed E-state index contributed by atoms with van der Waals surface area (Å²) in [5, 5.41) is 1.86. The fourth-order valence-corrected chi connectivity index (χ4v) is 1.36. The van der Waals surface area contributed by atoms with Crippen molar-refractivity contribution in [2.24, 2.45) is 0 Å². The second-order valence-corrected chi connectivity index (χ2v) is 3.95. The van der Waals surface area contributed by atoms with Crippen LogP contribution in [-0.2, 0) is 9.53 Å². The van der Waals surface area contributed by atoms with Crippen molar-refractivity contribution in [2.45, 2.75) is 26.7 Å². The normalized spacial score (nSPS) is 19.2. The zero-order chi connectivity index (χ0) is 12.0. The molecule has 0 aromatic rings. The Hall–Kier alpha value is -1.29. The molecule has 4 heteroatoms. The first-order valence-corrected chi connectivity index (χ1v) is 5.66. The number of carbonyl (C=O) groups is 1. The van der Waals surface area contributed by atoms with E-state index in [0.717, 1.165) is 18.6 Å². The van der Waals surface area contributed by atoms with Crippen LogP contribution in [0.25, 0.3) is 0 Å². The molecule has 1 amide bonds. The number of ether oxygens (including phenoxy) is 1. The summed E-state index contributed by atoms with van der Waals surface area (Å²) in [5.41, 5.74) is 3.32. The van der Waals surface area contributed by atoms with Gasteiger partial charge in [0.2, 0.25) is 0 Å². The smallest absolute Gasteiger partial charge is 0.260 e. The van der Waals surface area contributed by atoms with Gasteiger partial charge in [-0.05, 0) is 19.4 Å². The third kappa shape index (κ3) is 4.06. The number of amides is 1. The summed E-state index contributed by atoms with van der Waals surface area (Å²) in [5.74, 6) is 0.812. The van der Waals surface area contributed by atoms with E-state index in [0.29, 0.717) is 25.3 Å². The maximum absolute atomic E-state index is 11.4. The molecular formula is C12H20N2O2. The highest BCUT2D eigenvalue weighted by molar-refractivity contribution is 5.91. The van der Waals surface area contributed by atoms with Crippen LogP contribution in [-0.4, -0.2) is 30.6 Å². The van der Waals surface area contributed by atoms with Crippen molar-refractivity contribution < 1.29 is 9.53 Å². The van der Waals surface area contributed by atoms with Crippen LogP contribution in [0.4, 0.5) is 0 Å². The van der Waals surface area contributed by atoms with Gasteiger partial charge in [0.1, 0.15) is 12.4 Å². The van der Waals surface area contributed by atoms with Gasteiger partial charge in [0.15, 0.2) is 0 Å². The van der Waals surface area contributed by atoms with Crippen LogP contribution >= 0.6 is 0 Å². The van der Waals surface area contributed by atoms with Gasteiger partial charge in [0.05, 0.1) is 13.1 Å². The first-order chi connectivity index (χ1) is 7.63. The van der Waals surface area contributed by atoms with Crippen LogP contribution in [0.2, 0.25) is 0 Å². The monoisotopic (exact) mass is 224 g/mol. The van der Waals surface area contributed by atoms with Gasteiger partial charge in [-0.2, -0.15) is 0 Å². The van der Waals surface area contributed by atoms with Crippen LogP contribution in [0.15, 0.2) is 24.0 Å². The minimum absolute atomic E-state index is 0.128. The fraction of sp³-hybridized carbons (Fsp3) is 0.583. The van der Waals surface area contributed by atoms with Gasteiger partial charge in [-0.1, -0.05) is 19.9 Å². The Morgan fingerprint density at radius 3 is 3.06 bits per heavy atom. The van der Waals surface area contributed by atoms with Gasteiger partial charge in [0.25, 0.3) is 5.91 Å². The van der Waals surface area contributed by atoms with E-state index in [1.165, 1.54) is 0 Å². The number of hydrogen-bond donors (Lipinski definition) is 1. The van der Waals surface area contributed by atoms with E-state index in [1.54, 1.807) is 6.92 Å². The Balaban J connectivity index is 2.44. The molecule has 0 spiro atoms. The first kappa shape index (κ1) is 12.8. The fourth-order valence-electron chi connectivity index (χ4n) is 1.36. The molecule has 0 aliphatic carbocycles. The van der Waals surface area contributed by atoms with Gasteiger partial charge < -0.3 is 4.74 Å². The molecule has 4 nitrogen and oxygen atoms in total. The summed E-state index contributed by atoms with van der Waals surface area (Å²) in [6.45, 7) is 9.39. The number of nitrogens with one attached hydrogen (secondary N) is 1. The highest BCUT2D eigenvalue weighted by Gasteiger charge is 2.16. The molecule has 1 N–H and O–H groups in total. The van der Waals surface area contributed by atoms with Crippen molar-refractivity contribution >= 4 is 5.91 Å². The van der Waals surface area contributed by atoms with Crippen LogP contribution in [0.1, 0.15) is 26.7 Å². The average Bonchev–Trinajstić information content (AvgIpc) is 2.26. The Morgan fingerprint density at radius 1 is 1.69 bits per heavy atom. The van der Waals surface area contributed by atoms with Crippen LogP contribution < -0.4 is 5.43 Å². The Kier molecular flexibility index (Phi) is 5.05. The summed E-state index contributed by atoms with van der Waals surface area (Å²) < 4.78 is 5.50. The molecule has 1 heterocycles. The molecule has 0 saturated carbocycles. The zero-order valence-electron chi connectivity index (χ0n) is 10.1. The topological polar surface area (TPSA) is 41.6 Å². The average molecular weight is 224 g/mol. The lowest BCUT2D eigenvalue weighted by atomic mass is 10.3. The highest BCUT2D eigenvalue weighted by atomic mass is 16.5. The largest absolute Gasteiger partial charge is 0.495 e. The van der Waals surface area contributed by atoms with Crippen molar-refractivity contribution in [3.8, 4) is 0 Å². The quantitative estimate of drug-likeness (QED) is 0.738. The SMILES string of the molecule is C=C(C)C(=O)NN1CCOC(=CCCC)C1. The lowest BCUT2D eigenvalue weighted by molar-refractivity contribution is -0.123. The second kappa shape index (κ2) is 6.33. The second-order valence-electron chi connectivity index (χ2n) is 3.95. The predicted octanol–water partition coefficient (Wildman–Crippen LogP) is 1.61. The van der Waals surface area contributed by atoms with E-state index in [1.807, 2.05) is 5.01 Å². The van der Waals surface area contributed by atoms with E-state index < -0.39 is 0 Å². The highest BCUT2D eigenvalue weighted by Crippen LogP contribution is 2.08. The third-order valence-corrected chi connectivity index (χ3v) is 2.30. The first-order valence-electron chi connectivity index (χ1n) is 5.66. The van der Waals surface area contributed by atoms with Gasteiger partial charge in [-0.3, -0.25) is 10.2 Å². The van der Waals surface area contributed by atoms with Gasteiger partial charge >= 0.3 is 0 Å². The number of nitrogens with zero attached hydrogens (tertiary/aromatic N) is 1. The van der Waals surface area contributed by atoms with Crippen molar-refractivity contribution in [3.05, 3.63) is 24.0 Å². The Morgan fingerprint density at radius 2 is 2.44 bits per heavy atom. The molecule has 0 aromatic carbocycles. The summed E-state index contributed by atoms with van der Waals surface area (Å²) in [6.07, 6.45) is 4.20. The van der Waals surface area contributed by atoms with Crippen molar-refractivity contribution in [1.82, 2.24) is 10.4 Å². The van der Waals surface area contributed by atoms with Crippen LogP contribution in [0.3, 0.4) is 0 Å². The van der Waals surface area contributed by atoms with E-state index in [4.69, 9.17) is 4.74 Å². The predicted molar refractivity (Wildman–Crippen MR) is 63.5 cm³/mol. The zero-order valence-corrected chi connectivity index (χ0v) is 10.1. The molecule has 1 fully saturated rings. The maximum Gasteiger partial charge on any atom is 0.260 e. The van der Waals surface area contributed by atoms with Crippen LogP contribution in [0, 0.1) is 0 Å². The summed E-state index contributed by atoms with van der Waals surface area (Å²) in [4.78, 5) is 11.4. The molecular weight excluding hydrogens is 204 g/mol. The number of unbranched alkanes of at least 4 members (excludes halogenated alkanes) is 1. The molecule has 1 aliphatic heterocycles. The molecule has 0 radical (unpaired) electrons. The lowest BCUT2D eigenvalue weighted by Crippen LogP contribution is -2.47. The maximum atomic E-state index is 11.4. The van der Waals surface area contributed by atoms with Gasteiger partial charge in [-0.15, -0.1) is 0 Å². The van der Waals surface area contributed by atoms with Crippen molar-refractivity contribution in [1.29, 1.82) is 0 Å². The molecule has 1 saturated heterocycles. The Labute approximate surface area is 96.9 Å². The summed E-state index contributed by atoms with van der Waals surface area (Å²) in [6, 6.07) is 0. The van der Waals surface area contributed by atoms with E-state index in [2.05, 4.69) is 25.0 Å². The molecule has 0 atom stereocenters. The number of rotatable bonds is 4. The van der Waals surface area contributed by atoms with Crippen molar-refractivity contribution in [3.63, 3.8) is 0 Å². The van der Waals surface area contributed by atoms with Gasteiger partial charge in [0, 0.05) is 5.57 Å². The summed E-state index contributed by atoms with van der Waals surface area (Å²) >= 11 is 0. The number of allylic oxidation sites excluding steroid dienone is 1. The summed E-state index contributed by atoms with van der Waals surface area (Å²) in [7, 11) is 0. The molecule has 0 unspecified atom stereocenters. The molecule has 1 aliphatic rings. The molecule has 0 aromatic heterocycles. The van der Waals surface area contributed by atoms with Crippen LogP contribution in [0.5, 0.6) is 0 Å². The minimum atomic E-state index is -0.128. The third-order valence-electron chi connectivity index (χ3n) is 2.30. The van der Waals surface area contributed by atoms with Crippen molar-refractivity contribution in [2.75, 3.05) is 19.7 Å². The van der Waals surface area contributed by atoms with Gasteiger partial charge in [-0.25, -0.2) is 5.01 Å². The standard InChI is InChI=1S/C12H20N2O2/c1-4-5-6-11-9-14(7-8-16-11)13-12(15)10(2)3/h6H,2,4-5,7-9H2,1,3H3,(H,13,15). The van der Waals surface area contributed by atoms with E-state index >= 15 is 0 Å². The number of morpholine rings is 1. The van der Waals surface area contributed by atoms with E-state index in [-0.39, 0.29) is 5.91 Å². The number of hydrogen-bond acceptors (Lipinski definition) is 3. The molecule has 90 valence electrons. The minimum Gasteiger partial charge on any atom is -0.495 e. The lowest BCUT2D eigenvalue weighted by Gasteiger charge is -2.29. The van der Waals surface area contributed by atoms with E-state index in [9.17, 15) is 4.79 Å².